The molecule has 0 bridgehead atoms. The van der Waals surface area contributed by atoms with Crippen LogP contribution in [0.1, 0.15) is 69.3 Å². The first-order valence-electron chi connectivity index (χ1n) is 12.2. The molecule has 0 N–H and O–H groups in total. The van der Waals surface area contributed by atoms with Gasteiger partial charge in [0.2, 0.25) is 0 Å². The van der Waals surface area contributed by atoms with Crippen molar-refractivity contribution in [2.24, 2.45) is 5.92 Å². The number of carbonyl (C=O) groups is 2. The van der Waals surface area contributed by atoms with Crippen molar-refractivity contribution in [1.82, 2.24) is 0 Å². The molecule has 0 amide bonds. The van der Waals surface area contributed by atoms with Crippen molar-refractivity contribution in [1.29, 1.82) is 0 Å². The van der Waals surface area contributed by atoms with E-state index in [1.165, 1.54) is 6.07 Å². The number of hydrogen-bond acceptors (Lipinski definition) is 6. The van der Waals surface area contributed by atoms with Crippen LogP contribution < -0.4 is 4.90 Å². The number of rotatable bonds is 9. The molecule has 0 saturated carbocycles. The third-order valence-corrected chi connectivity index (χ3v) is 8.77. The molecule has 1 aromatic carbocycles. The maximum Gasteiger partial charge on any atom is 0.178 e. The third-order valence-electron chi connectivity index (χ3n) is 7.05. The quantitative estimate of drug-likeness (QED) is 0.463. The number of Topliss-reactive ketones (excluding diaryl/α,β-unsaturated/α-hetero) is 1. The van der Waals surface area contributed by atoms with E-state index in [4.69, 9.17) is 4.74 Å². The maximum atomic E-state index is 13.4. The van der Waals surface area contributed by atoms with Crippen molar-refractivity contribution >= 4 is 27.1 Å². The normalized spacial score (nSPS) is 19.6. The van der Waals surface area contributed by atoms with Gasteiger partial charge >= 0.3 is 0 Å². The maximum absolute atomic E-state index is 13.4. The zero-order chi connectivity index (χ0) is 25.0. The van der Waals surface area contributed by atoms with Gasteiger partial charge in [0.05, 0.1) is 10.6 Å². The predicted molar refractivity (Wildman–Crippen MR) is 135 cm³/mol. The van der Waals surface area contributed by atoms with Gasteiger partial charge in [-0.15, -0.1) is 0 Å². The first-order chi connectivity index (χ1) is 16.1. The van der Waals surface area contributed by atoms with Gasteiger partial charge in [0, 0.05) is 49.4 Å². The highest BCUT2D eigenvalue weighted by Gasteiger charge is 2.28. The summed E-state index contributed by atoms with van der Waals surface area (Å²) in [7, 11) is -3.50. The van der Waals surface area contributed by atoms with Crippen molar-refractivity contribution in [2.45, 2.75) is 71.2 Å². The summed E-state index contributed by atoms with van der Waals surface area (Å²) in [5, 5.41) is 0. The molecule has 1 saturated heterocycles. The Bertz CT molecular complexity index is 1110. The Labute approximate surface area is 204 Å². The van der Waals surface area contributed by atoms with Gasteiger partial charge in [-0.05, 0) is 76.3 Å². The lowest BCUT2D eigenvalue weighted by Gasteiger charge is -2.37. The molecule has 186 valence electrons. The first kappa shape index (κ1) is 26.4. The summed E-state index contributed by atoms with van der Waals surface area (Å²) < 4.78 is 31.2. The highest BCUT2D eigenvalue weighted by molar-refractivity contribution is 7.91. The Morgan fingerprint density at radius 1 is 1.09 bits per heavy atom. The minimum atomic E-state index is -3.50. The fourth-order valence-corrected chi connectivity index (χ4v) is 5.98. The number of carbonyl (C=O) groups excluding carboxylic acids is 2. The van der Waals surface area contributed by atoms with Crippen LogP contribution in [-0.4, -0.2) is 51.5 Å². The molecule has 1 fully saturated rings. The number of allylic oxidation sites excluding steroid dienone is 4. The SMILES string of the molecule is CCN(c1cc(S(=O)(=O)CC)cc(C(=O)CCC2C(=O)C=C(C)C=C2C)c1C)C1CCOCC1. The van der Waals surface area contributed by atoms with Crippen LogP contribution in [0.2, 0.25) is 0 Å². The van der Waals surface area contributed by atoms with Gasteiger partial charge in [-0.2, -0.15) is 0 Å². The van der Waals surface area contributed by atoms with Crippen LogP contribution in [0.4, 0.5) is 5.69 Å². The van der Waals surface area contributed by atoms with Crippen LogP contribution in [0.3, 0.4) is 0 Å². The summed E-state index contributed by atoms with van der Waals surface area (Å²) in [5.74, 6) is -0.424. The number of nitrogens with zero attached hydrogens (tertiary/aromatic N) is 1. The van der Waals surface area contributed by atoms with Gasteiger partial charge < -0.3 is 9.64 Å². The van der Waals surface area contributed by atoms with Crippen LogP contribution in [-0.2, 0) is 19.4 Å². The molecule has 0 radical (unpaired) electrons. The molecular formula is C27H37NO5S. The van der Waals surface area contributed by atoms with E-state index in [2.05, 4.69) is 11.8 Å². The van der Waals surface area contributed by atoms with E-state index in [1.807, 2.05) is 26.8 Å². The highest BCUT2D eigenvalue weighted by atomic mass is 32.2. The molecule has 1 atom stereocenters. The summed E-state index contributed by atoms with van der Waals surface area (Å²) in [5.41, 5.74) is 3.93. The van der Waals surface area contributed by atoms with Crippen molar-refractivity contribution in [3.63, 3.8) is 0 Å². The second-order valence-corrected chi connectivity index (χ2v) is 11.6. The molecule has 1 aliphatic carbocycles. The third kappa shape index (κ3) is 5.69. The van der Waals surface area contributed by atoms with Crippen LogP contribution >= 0.6 is 0 Å². The lowest BCUT2D eigenvalue weighted by Crippen LogP contribution is -2.40. The van der Waals surface area contributed by atoms with Gasteiger partial charge in [-0.1, -0.05) is 18.6 Å². The summed E-state index contributed by atoms with van der Waals surface area (Å²) in [6.07, 6.45) is 5.95. The number of benzene rings is 1. The molecule has 0 spiro atoms. The fraction of sp³-hybridized carbons (Fsp3) is 0.556. The Morgan fingerprint density at radius 3 is 2.35 bits per heavy atom. The van der Waals surface area contributed by atoms with Gasteiger partial charge in [0.1, 0.15) is 0 Å². The first-order valence-corrected chi connectivity index (χ1v) is 13.9. The Kier molecular flexibility index (Phi) is 8.52. The number of hydrogen-bond donors (Lipinski definition) is 0. The number of ketones is 2. The van der Waals surface area contributed by atoms with E-state index < -0.39 is 9.84 Å². The number of ether oxygens (including phenoxy) is 1. The Morgan fingerprint density at radius 2 is 1.76 bits per heavy atom. The van der Waals surface area contributed by atoms with Crippen molar-refractivity contribution in [2.75, 3.05) is 30.4 Å². The molecule has 34 heavy (non-hydrogen) atoms. The smallest absolute Gasteiger partial charge is 0.178 e. The lowest BCUT2D eigenvalue weighted by molar-refractivity contribution is -0.117. The Hall–Kier alpha value is -2.25. The molecule has 1 aliphatic heterocycles. The Balaban J connectivity index is 1.96. The standard InChI is InChI=1S/C27H37NO5S/c1-6-28(21-10-12-33-13-11-21)25-17-22(34(31,32)7-2)16-24(20(25)5)26(29)9-8-23-19(4)14-18(3)15-27(23)30/h14-17,21,23H,6-13H2,1-5H3. The van der Waals surface area contributed by atoms with Gasteiger partial charge in [-0.3, -0.25) is 9.59 Å². The summed E-state index contributed by atoms with van der Waals surface area (Å²) in [6.45, 7) is 11.4. The average Bonchev–Trinajstić information content (AvgIpc) is 2.80. The van der Waals surface area contributed by atoms with Gasteiger partial charge in [-0.25, -0.2) is 8.42 Å². The lowest BCUT2D eigenvalue weighted by atomic mass is 9.84. The topological polar surface area (TPSA) is 80.8 Å². The zero-order valence-corrected chi connectivity index (χ0v) is 21.8. The van der Waals surface area contributed by atoms with Crippen LogP contribution in [0.25, 0.3) is 0 Å². The van der Waals surface area contributed by atoms with Crippen LogP contribution in [0.15, 0.2) is 40.3 Å². The van der Waals surface area contributed by atoms with E-state index in [0.29, 0.717) is 31.7 Å². The predicted octanol–water partition coefficient (Wildman–Crippen LogP) is 4.85. The molecule has 1 unspecified atom stereocenters. The largest absolute Gasteiger partial charge is 0.381 e. The molecule has 2 aliphatic rings. The summed E-state index contributed by atoms with van der Waals surface area (Å²) in [6, 6.07) is 3.50. The monoisotopic (exact) mass is 487 g/mol. The fourth-order valence-electron chi connectivity index (χ4n) is 5.06. The molecule has 6 nitrogen and oxygen atoms in total. The molecule has 7 heteroatoms. The van der Waals surface area contributed by atoms with Gasteiger partial charge in [0.15, 0.2) is 21.4 Å². The van der Waals surface area contributed by atoms with E-state index in [9.17, 15) is 18.0 Å². The van der Waals surface area contributed by atoms with Crippen molar-refractivity contribution in [3.8, 4) is 0 Å². The van der Waals surface area contributed by atoms with E-state index >= 15 is 0 Å². The average molecular weight is 488 g/mol. The highest BCUT2D eigenvalue weighted by Crippen LogP contribution is 2.33. The second-order valence-electron chi connectivity index (χ2n) is 9.34. The van der Waals surface area contributed by atoms with Crippen LogP contribution in [0.5, 0.6) is 0 Å². The van der Waals surface area contributed by atoms with E-state index in [-0.39, 0.29) is 40.6 Å². The molecule has 1 aromatic rings. The zero-order valence-electron chi connectivity index (χ0n) is 21.0. The van der Waals surface area contributed by atoms with Crippen molar-refractivity contribution < 1.29 is 22.7 Å². The minimum Gasteiger partial charge on any atom is -0.381 e. The van der Waals surface area contributed by atoms with E-state index in [1.54, 1.807) is 19.1 Å². The van der Waals surface area contributed by atoms with Crippen molar-refractivity contribution in [3.05, 3.63) is 46.6 Å². The summed E-state index contributed by atoms with van der Waals surface area (Å²) >= 11 is 0. The molecule has 0 aromatic heterocycles. The second kappa shape index (κ2) is 11.0. The number of anilines is 1. The molecular weight excluding hydrogens is 450 g/mol. The van der Waals surface area contributed by atoms with Crippen LogP contribution in [0, 0.1) is 12.8 Å². The van der Waals surface area contributed by atoms with E-state index in [0.717, 1.165) is 35.2 Å². The molecule has 3 rings (SSSR count). The summed E-state index contributed by atoms with van der Waals surface area (Å²) in [4.78, 5) is 28.3. The molecule has 1 heterocycles. The van der Waals surface area contributed by atoms with Gasteiger partial charge in [0.25, 0.3) is 0 Å². The number of sulfone groups is 1. The minimum absolute atomic E-state index is 0.0290.